The summed E-state index contributed by atoms with van der Waals surface area (Å²) in [6.45, 7) is 8.10. The van der Waals surface area contributed by atoms with Crippen LogP contribution < -0.4 is 10.5 Å². The van der Waals surface area contributed by atoms with E-state index >= 15 is 0 Å². The lowest BCUT2D eigenvalue weighted by Crippen LogP contribution is -2.45. The van der Waals surface area contributed by atoms with E-state index < -0.39 is 0 Å². The Hall–Kier alpha value is -2.68. The molecule has 2 aromatic rings. The van der Waals surface area contributed by atoms with Gasteiger partial charge in [-0.25, -0.2) is 4.98 Å². The molecular weight excluding hydrogens is 396 g/mol. The van der Waals surface area contributed by atoms with Crippen LogP contribution >= 0.6 is 0 Å². The summed E-state index contributed by atoms with van der Waals surface area (Å²) in [6.07, 6.45) is 4.17. The van der Waals surface area contributed by atoms with E-state index in [-0.39, 0.29) is 16.9 Å². The summed E-state index contributed by atoms with van der Waals surface area (Å²) in [5, 5.41) is 7.26. The zero-order valence-corrected chi connectivity index (χ0v) is 18.3. The first kappa shape index (κ1) is 20.2. The quantitative estimate of drug-likeness (QED) is 0.767. The first-order valence-electron chi connectivity index (χ1n) is 11.3. The van der Waals surface area contributed by atoms with Gasteiger partial charge in [0.05, 0.1) is 18.9 Å². The standard InChI is InChI=1S/C22H30N6O3/c1-3-16-14(2)17(26-25-16)20(30)27-8-6-22(7-9-27)5-4-15-18(22)23-21(24-19(15)29)28-10-12-31-13-11-28/h3-13H2,1-2H3,(H,25,26)(H,23,24,29). The van der Waals surface area contributed by atoms with Crippen molar-refractivity contribution in [2.75, 3.05) is 44.3 Å². The Bertz CT molecular complexity index is 1040. The Balaban J connectivity index is 1.37. The minimum Gasteiger partial charge on any atom is -0.378 e. The second-order valence-corrected chi connectivity index (χ2v) is 8.92. The van der Waals surface area contributed by atoms with Gasteiger partial charge in [0.15, 0.2) is 5.69 Å². The Kier molecular flexibility index (Phi) is 5.08. The number of ether oxygens (including phenoxy) is 1. The number of aryl methyl sites for hydroxylation is 1. The van der Waals surface area contributed by atoms with Crippen LogP contribution in [0.15, 0.2) is 4.79 Å². The number of aromatic nitrogens is 4. The number of anilines is 1. The highest BCUT2D eigenvalue weighted by Crippen LogP contribution is 2.44. The lowest BCUT2D eigenvalue weighted by molar-refractivity contribution is 0.0657. The van der Waals surface area contributed by atoms with Gasteiger partial charge in [0.25, 0.3) is 11.5 Å². The number of carbonyl (C=O) groups is 1. The van der Waals surface area contributed by atoms with Crippen molar-refractivity contribution in [2.45, 2.75) is 51.4 Å². The number of nitrogens with one attached hydrogen (secondary N) is 2. The van der Waals surface area contributed by atoms with Crippen LogP contribution in [-0.2, 0) is 23.0 Å². The highest BCUT2D eigenvalue weighted by Gasteiger charge is 2.45. The fourth-order valence-electron chi connectivity index (χ4n) is 5.32. The van der Waals surface area contributed by atoms with Crippen LogP contribution in [0.3, 0.4) is 0 Å². The van der Waals surface area contributed by atoms with Crippen molar-refractivity contribution in [3.63, 3.8) is 0 Å². The van der Waals surface area contributed by atoms with Crippen LogP contribution in [0.4, 0.5) is 5.95 Å². The van der Waals surface area contributed by atoms with Gasteiger partial charge in [0.1, 0.15) is 0 Å². The molecule has 2 saturated heterocycles. The zero-order chi connectivity index (χ0) is 21.6. The minimum atomic E-state index is -0.114. The SMILES string of the molecule is CCc1[nH]nc(C(=O)N2CCC3(CCc4c3nc(N3CCOCC3)[nH]c4=O)CC2)c1C. The average molecular weight is 427 g/mol. The molecule has 1 amide bonds. The van der Waals surface area contributed by atoms with Crippen molar-refractivity contribution in [3.05, 3.63) is 38.6 Å². The molecule has 1 aliphatic carbocycles. The lowest BCUT2D eigenvalue weighted by Gasteiger charge is -2.39. The number of aromatic amines is 2. The monoisotopic (exact) mass is 426 g/mol. The van der Waals surface area contributed by atoms with E-state index in [2.05, 4.69) is 27.0 Å². The lowest BCUT2D eigenvalue weighted by atomic mass is 9.76. The van der Waals surface area contributed by atoms with Crippen LogP contribution in [0.1, 0.15) is 59.2 Å². The van der Waals surface area contributed by atoms with Crippen molar-refractivity contribution in [1.29, 1.82) is 0 Å². The normalized spacial score (nSPS) is 20.3. The van der Waals surface area contributed by atoms with Gasteiger partial charge in [-0.05, 0) is 39.0 Å². The van der Waals surface area contributed by atoms with Gasteiger partial charge in [-0.15, -0.1) is 0 Å². The van der Waals surface area contributed by atoms with Crippen molar-refractivity contribution >= 4 is 11.9 Å². The van der Waals surface area contributed by atoms with Crippen molar-refractivity contribution < 1.29 is 9.53 Å². The number of amides is 1. The van der Waals surface area contributed by atoms with Crippen LogP contribution in [0.25, 0.3) is 0 Å². The number of carbonyl (C=O) groups excluding carboxylic acids is 1. The molecule has 1 spiro atoms. The van der Waals surface area contributed by atoms with Gasteiger partial charge in [0.2, 0.25) is 5.95 Å². The summed E-state index contributed by atoms with van der Waals surface area (Å²) in [4.78, 5) is 37.8. The van der Waals surface area contributed by atoms with Crippen molar-refractivity contribution in [3.8, 4) is 0 Å². The van der Waals surface area contributed by atoms with Crippen molar-refractivity contribution in [2.24, 2.45) is 0 Å². The molecule has 0 aromatic carbocycles. The number of fused-ring (bicyclic) bond motifs is 2. The number of nitrogens with zero attached hydrogens (tertiary/aromatic N) is 4. The molecule has 2 fully saturated rings. The second kappa shape index (κ2) is 7.78. The molecule has 9 heteroatoms. The van der Waals surface area contributed by atoms with Crippen LogP contribution in [-0.4, -0.2) is 70.4 Å². The van der Waals surface area contributed by atoms with E-state index in [1.807, 2.05) is 11.8 Å². The Morgan fingerprint density at radius 1 is 1.16 bits per heavy atom. The molecule has 0 atom stereocenters. The van der Waals surface area contributed by atoms with Gasteiger partial charge in [0, 0.05) is 48.4 Å². The van der Waals surface area contributed by atoms with Crippen LogP contribution in [0, 0.1) is 6.92 Å². The molecule has 4 heterocycles. The molecule has 31 heavy (non-hydrogen) atoms. The second-order valence-electron chi connectivity index (χ2n) is 8.92. The molecule has 2 N–H and O–H groups in total. The highest BCUT2D eigenvalue weighted by molar-refractivity contribution is 5.94. The van der Waals surface area contributed by atoms with Gasteiger partial charge >= 0.3 is 0 Å². The topological polar surface area (TPSA) is 107 Å². The van der Waals surface area contributed by atoms with Gasteiger partial charge in [-0.1, -0.05) is 6.92 Å². The zero-order valence-electron chi connectivity index (χ0n) is 18.3. The fraction of sp³-hybridized carbons (Fsp3) is 0.636. The summed E-state index contributed by atoms with van der Waals surface area (Å²) in [5.41, 5.74) is 4.14. The molecule has 5 rings (SSSR count). The summed E-state index contributed by atoms with van der Waals surface area (Å²) in [5.74, 6) is 0.653. The van der Waals surface area contributed by atoms with Crippen molar-refractivity contribution in [1.82, 2.24) is 25.1 Å². The number of morpholine rings is 1. The Morgan fingerprint density at radius 3 is 2.58 bits per heavy atom. The van der Waals surface area contributed by atoms with E-state index in [0.29, 0.717) is 37.9 Å². The van der Waals surface area contributed by atoms with Gasteiger partial charge < -0.3 is 14.5 Å². The maximum absolute atomic E-state index is 13.1. The number of piperidine rings is 1. The number of hydrogen-bond donors (Lipinski definition) is 2. The number of H-pyrrole nitrogens is 2. The molecule has 2 aromatic heterocycles. The van der Waals surface area contributed by atoms with Crippen LogP contribution in [0.5, 0.6) is 0 Å². The third kappa shape index (κ3) is 3.35. The van der Waals surface area contributed by atoms with Gasteiger partial charge in [-0.3, -0.25) is 19.7 Å². The predicted octanol–water partition coefficient (Wildman–Crippen LogP) is 1.32. The molecule has 0 radical (unpaired) electrons. The van der Waals surface area contributed by atoms with E-state index in [4.69, 9.17) is 9.72 Å². The summed E-state index contributed by atoms with van der Waals surface area (Å²) in [7, 11) is 0. The average Bonchev–Trinajstić information content (AvgIpc) is 3.35. The molecule has 3 aliphatic rings. The third-order valence-electron chi connectivity index (χ3n) is 7.34. The molecule has 9 nitrogen and oxygen atoms in total. The molecule has 0 saturated carbocycles. The maximum Gasteiger partial charge on any atom is 0.274 e. The van der Waals surface area contributed by atoms with Crippen LogP contribution in [0.2, 0.25) is 0 Å². The van der Waals surface area contributed by atoms with E-state index in [0.717, 1.165) is 67.7 Å². The van der Waals surface area contributed by atoms with E-state index in [1.54, 1.807) is 0 Å². The molecule has 2 aliphatic heterocycles. The molecular formula is C22H30N6O3. The fourth-order valence-corrected chi connectivity index (χ4v) is 5.32. The van der Waals surface area contributed by atoms with E-state index in [9.17, 15) is 9.59 Å². The Labute approximate surface area is 181 Å². The first-order chi connectivity index (χ1) is 15.0. The summed E-state index contributed by atoms with van der Waals surface area (Å²) in [6, 6.07) is 0. The maximum atomic E-state index is 13.1. The summed E-state index contributed by atoms with van der Waals surface area (Å²) < 4.78 is 5.44. The number of rotatable bonds is 3. The predicted molar refractivity (Wildman–Crippen MR) is 116 cm³/mol. The molecule has 0 unspecified atom stereocenters. The van der Waals surface area contributed by atoms with Gasteiger partial charge in [-0.2, -0.15) is 5.10 Å². The first-order valence-corrected chi connectivity index (χ1v) is 11.3. The molecule has 166 valence electrons. The largest absolute Gasteiger partial charge is 0.378 e. The summed E-state index contributed by atoms with van der Waals surface area (Å²) >= 11 is 0. The smallest absolute Gasteiger partial charge is 0.274 e. The molecule has 0 bridgehead atoms. The third-order valence-corrected chi connectivity index (χ3v) is 7.34. The number of hydrogen-bond acceptors (Lipinski definition) is 6. The minimum absolute atomic E-state index is 0.00519. The number of likely N-dealkylation sites (tertiary alicyclic amines) is 1. The Morgan fingerprint density at radius 2 is 1.90 bits per heavy atom. The highest BCUT2D eigenvalue weighted by atomic mass is 16.5. The van der Waals surface area contributed by atoms with E-state index in [1.165, 1.54) is 0 Å².